The lowest BCUT2D eigenvalue weighted by Gasteiger charge is -2.53. The molecule has 2 aliphatic heterocycles. The average Bonchev–Trinajstić information content (AvgIpc) is 3.27. The molecule has 2 nitrogen and oxygen atoms in total. The van der Waals surface area contributed by atoms with Crippen molar-refractivity contribution < 1.29 is 9.47 Å². The van der Waals surface area contributed by atoms with Crippen LogP contribution in [0.1, 0.15) is 45.4 Å². The molecule has 6 atom stereocenters. The van der Waals surface area contributed by atoms with Gasteiger partial charge in [0.2, 0.25) is 0 Å². The second-order valence-electron chi connectivity index (χ2n) is 8.98. The molecule has 2 heterocycles. The Labute approximate surface area is 124 Å². The van der Waals surface area contributed by atoms with Crippen LogP contribution in [0.3, 0.4) is 0 Å². The van der Waals surface area contributed by atoms with Crippen molar-refractivity contribution in [3.63, 3.8) is 0 Å². The lowest BCUT2D eigenvalue weighted by Crippen LogP contribution is -2.49. The second kappa shape index (κ2) is 4.33. The Morgan fingerprint density at radius 3 is 1.55 bits per heavy atom. The fraction of sp³-hybridized carbons (Fsp3) is 1.00. The molecule has 0 spiro atoms. The van der Waals surface area contributed by atoms with Gasteiger partial charge in [-0.25, -0.2) is 0 Å². The highest BCUT2D eigenvalue weighted by atomic mass is 28.3. The minimum Gasteiger partial charge on any atom is -0.370 e. The Balaban J connectivity index is 1.59. The van der Waals surface area contributed by atoms with Crippen LogP contribution in [0, 0.1) is 11.8 Å². The Morgan fingerprint density at radius 2 is 1.20 bits per heavy atom. The van der Waals surface area contributed by atoms with Gasteiger partial charge in [0.05, 0.1) is 32.5 Å². The van der Waals surface area contributed by atoms with Crippen LogP contribution >= 0.6 is 0 Å². The normalized spacial score (nSPS) is 49.8. The topological polar surface area (TPSA) is 25.1 Å². The van der Waals surface area contributed by atoms with Gasteiger partial charge >= 0.3 is 0 Å². The molecule has 2 saturated heterocycles. The van der Waals surface area contributed by atoms with E-state index in [2.05, 4.69) is 26.6 Å². The Kier molecular flexibility index (Phi) is 2.98. The highest BCUT2D eigenvalue weighted by molar-refractivity contribution is 6.79. The zero-order valence-corrected chi connectivity index (χ0v) is 14.5. The zero-order chi connectivity index (χ0) is 14.1. The van der Waals surface area contributed by atoms with Gasteiger partial charge in [0.15, 0.2) is 0 Å². The summed E-state index contributed by atoms with van der Waals surface area (Å²) in [5.74, 6) is 1.80. The van der Waals surface area contributed by atoms with Crippen molar-refractivity contribution in [1.82, 2.24) is 0 Å². The zero-order valence-electron chi connectivity index (χ0n) is 13.5. The molecule has 114 valence electrons. The van der Waals surface area contributed by atoms with Gasteiger partial charge in [0.1, 0.15) is 0 Å². The van der Waals surface area contributed by atoms with E-state index in [1.807, 2.05) is 0 Å². The lowest BCUT2D eigenvalue weighted by atomic mass is 9.69. The first kappa shape index (κ1) is 13.8. The molecule has 20 heavy (non-hydrogen) atoms. The minimum absolute atomic E-state index is 0.570. The smallest absolute Gasteiger partial charge is 0.0844 e. The van der Waals surface area contributed by atoms with Crippen LogP contribution in [-0.2, 0) is 9.47 Å². The molecule has 0 aromatic carbocycles. The van der Waals surface area contributed by atoms with Crippen molar-refractivity contribution in [1.29, 1.82) is 0 Å². The van der Waals surface area contributed by atoms with Crippen molar-refractivity contribution in [2.75, 3.05) is 0 Å². The van der Waals surface area contributed by atoms with Crippen LogP contribution in [0.25, 0.3) is 0 Å². The van der Waals surface area contributed by atoms with E-state index in [1.54, 1.807) is 0 Å². The number of epoxide rings is 2. The molecule has 0 aromatic rings. The van der Waals surface area contributed by atoms with Crippen LogP contribution in [0.2, 0.25) is 24.7 Å². The van der Waals surface area contributed by atoms with E-state index in [-0.39, 0.29) is 0 Å². The van der Waals surface area contributed by atoms with E-state index < -0.39 is 8.07 Å². The molecule has 6 unspecified atom stereocenters. The molecule has 0 aromatic heterocycles. The molecule has 2 aliphatic carbocycles. The maximum atomic E-state index is 5.82. The van der Waals surface area contributed by atoms with Gasteiger partial charge in [-0.3, -0.25) is 0 Å². The third-order valence-electron chi connectivity index (χ3n) is 7.32. The summed E-state index contributed by atoms with van der Waals surface area (Å²) in [5, 5.41) is 0.570. The van der Waals surface area contributed by atoms with Crippen LogP contribution in [-0.4, -0.2) is 32.5 Å². The Bertz CT molecular complexity index is 374. The van der Waals surface area contributed by atoms with Crippen LogP contribution in [0.4, 0.5) is 0 Å². The molecular formula is C17H30O2Si. The van der Waals surface area contributed by atoms with Gasteiger partial charge < -0.3 is 9.47 Å². The van der Waals surface area contributed by atoms with E-state index in [0.29, 0.717) is 29.5 Å². The molecule has 0 radical (unpaired) electrons. The van der Waals surface area contributed by atoms with Gasteiger partial charge in [0.25, 0.3) is 0 Å². The summed E-state index contributed by atoms with van der Waals surface area (Å²) < 4.78 is 11.6. The average molecular weight is 295 g/mol. The highest BCUT2D eigenvalue weighted by Crippen LogP contribution is 2.62. The summed E-state index contributed by atoms with van der Waals surface area (Å²) in [6.45, 7) is 10.5. The van der Waals surface area contributed by atoms with Crippen molar-refractivity contribution in [3.8, 4) is 0 Å². The van der Waals surface area contributed by atoms with Crippen molar-refractivity contribution in [3.05, 3.63) is 0 Å². The fourth-order valence-corrected chi connectivity index (χ4v) is 8.43. The summed E-state index contributed by atoms with van der Waals surface area (Å²) in [6, 6.07) is 0. The molecule has 0 N–H and O–H groups in total. The van der Waals surface area contributed by atoms with Crippen LogP contribution in [0.15, 0.2) is 0 Å². The number of hydrogen-bond donors (Lipinski definition) is 0. The first-order chi connectivity index (χ1) is 9.39. The third-order valence-corrected chi connectivity index (χ3v) is 11.4. The first-order valence-electron chi connectivity index (χ1n) is 8.70. The predicted octanol–water partition coefficient (Wildman–Crippen LogP) is 4.22. The van der Waals surface area contributed by atoms with Gasteiger partial charge in [-0.2, -0.15) is 0 Å². The summed E-state index contributed by atoms with van der Waals surface area (Å²) in [6.07, 6.45) is 10.7. The lowest BCUT2D eigenvalue weighted by molar-refractivity contribution is 0.180. The van der Waals surface area contributed by atoms with Crippen molar-refractivity contribution in [2.45, 2.75) is 94.5 Å². The molecule has 2 saturated carbocycles. The van der Waals surface area contributed by atoms with Gasteiger partial charge in [-0.05, 0) is 55.4 Å². The molecule has 3 heteroatoms. The standard InChI is InChI=1S/C17H30O2Si/c1-17(20(2,3)4,11-5-7-13-15(9-11)18-13)12-6-8-14-16(10-12)19-14/h11-16H,5-10H2,1-4H3. The third kappa shape index (κ3) is 2.04. The number of hydrogen-bond acceptors (Lipinski definition) is 2. The van der Waals surface area contributed by atoms with E-state index in [4.69, 9.17) is 9.47 Å². The Hall–Kier alpha value is 0.137. The van der Waals surface area contributed by atoms with Gasteiger partial charge in [0, 0.05) is 0 Å². The van der Waals surface area contributed by atoms with E-state index in [1.165, 1.54) is 38.5 Å². The monoisotopic (exact) mass is 294 g/mol. The van der Waals surface area contributed by atoms with E-state index in [9.17, 15) is 0 Å². The molecule has 4 rings (SSSR count). The maximum absolute atomic E-state index is 5.82. The van der Waals surface area contributed by atoms with Crippen molar-refractivity contribution in [2.24, 2.45) is 11.8 Å². The predicted molar refractivity (Wildman–Crippen MR) is 83.7 cm³/mol. The largest absolute Gasteiger partial charge is 0.370 e. The summed E-state index contributed by atoms with van der Waals surface area (Å²) in [7, 11) is -1.22. The number of rotatable bonds is 3. The number of fused-ring (bicyclic) bond motifs is 2. The quantitative estimate of drug-likeness (QED) is 0.575. The Morgan fingerprint density at radius 1 is 0.750 bits per heavy atom. The second-order valence-corrected chi connectivity index (χ2v) is 14.6. The van der Waals surface area contributed by atoms with Crippen LogP contribution in [0.5, 0.6) is 0 Å². The molecular weight excluding hydrogens is 264 g/mol. The number of ether oxygens (including phenoxy) is 2. The molecule has 0 bridgehead atoms. The summed E-state index contributed by atoms with van der Waals surface area (Å²) >= 11 is 0. The molecule has 0 amide bonds. The van der Waals surface area contributed by atoms with E-state index >= 15 is 0 Å². The van der Waals surface area contributed by atoms with Gasteiger partial charge in [-0.1, -0.05) is 26.6 Å². The molecule has 4 aliphatic rings. The minimum atomic E-state index is -1.22. The van der Waals surface area contributed by atoms with E-state index in [0.717, 1.165) is 11.8 Å². The van der Waals surface area contributed by atoms with Crippen LogP contribution < -0.4 is 0 Å². The fourth-order valence-electron chi connectivity index (χ4n) is 5.46. The molecule has 4 fully saturated rings. The SMILES string of the molecule is CC(C1CCC2OC2C1)(C1CCC2OC2C1)[Si](C)(C)C. The summed E-state index contributed by atoms with van der Waals surface area (Å²) in [5.41, 5.74) is 0. The van der Waals surface area contributed by atoms with Crippen molar-refractivity contribution >= 4 is 8.07 Å². The summed E-state index contributed by atoms with van der Waals surface area (Å²) in [4.78, 5) is 0. The first-order valence-corrected chi connectivity index (χ1v) is 12.2. The van der Waals surface area contributed by atoms with Gasteiger partial charge in [-0.15, -0.1) is 0 Å². The maximum Gasteiger partial charge on any atom is 0.0844 e. The highest BCUT2D eigenvalue weighted by Gasteiger charge is 2.58.